The van der Waals surface area contributed by atoms with Crippen molar-refractivity contribution in [1.82, 2.24) is 5.32 Å². The SMILES string of the molecule is COc1ccc(CCNC(=O)COc2cccc(Cl)c2Cl)cc1. The van der Waals surface area contributed by atoms with E-state index in [-0.39, 0.29) is 12.5 Å². The second-order valence-electron chi connectivity index (χ2n) is 4.79. The average molecular weight is 354 g/mol. The Kier molecular flexibility index (Phi) is 6.56. The van der Waals surface area contributed by atoms with Gasteiger partial charge in [-0.25, -0.2) is 0 Å². The molecule has 0 heterocycles. The van der Waals surface area contributed by atoms with Gasteiger partial charge in [-0.1, -0.05) is 41.4 Å². The summed E-state index contributed by atoms with van der Waals surface area (Å²) in [7, 11) is 1.63. The van der Waals surface area contributed by atoms with E-state index in [2.05, 4.69) is 5.32 Å². The monoisotopic (exact) mass is 353 g/mol. The molecular formula is C17H17Cl2NO3. The van der Waals surface area contributed by atoms with Crippen molar-refractivity contribution in [2.75, 3.05) is 20.3 Å². The first-order valence-electron chi connectivity index (χ1n) is 7.06. The van der Waals surface area contributed by atoms with Crippen LogP contribution in [0.1, 0.15) is 5.56 Å². The lowest BCUT2D eigenvalue weighted by Gasteiger charge is -2.09. The highest BCUT2D eigenvalue weighted by molar-refractivity contribution is 6.42. The first kappa shape index (κ1) is 17.4. The largest absolute Gasteiger partial charge is 0.497 e. The highest BCUT2D eigenvalue weighted by Gasteiger charge is 2.08. The molecule has 0 aliphatic carbocycles. The van der Waals surface area contributed by atoms with Gasteiger partial charge in [0.05, 0.1) is 12.1 Å². The van der Waals surface area contributed by atoms with Crippen LogP contribution in [0.25, 0.3) is 0 Å². The molecule has 0 spiro atoms. The molecule has 0 atom stereocenters. The van der Waals surface area contributed by atoms with Crippen molar-refractivity contribution in [2.45, 2.75) is 6.42 Å². The highest BCUT2D eigenvalue weighted by atomic mass is 35.5. The first-order chi connectivity index (χ1) is 11.1. The van der Waals surface area contributed by atoms with Gasteiger partial charge in [0, 0.05) is 6.54 Å². The summed E-state index contributed by atoms with van der Waals surface area (Å²) in [6, 6.07) is 12.7. The third-order valence-electron chi connectivity index (χ3n) is 3.17. The van der Waals surface area contributed by atoms with Gasteiger partial charge in [0.2, 0.25) is 0 Å². The van der Waals surface area contributed by atoms with Gasteiger partial charge in [0.1, 0.15) is 16.5 Å². The van der Waals surface area contributed by atoms with Gasteiger partial charge in [0.15, 0.2) is 6.61 Å². The van der Waals surface area contributed by atoms with Gasteiger partial charge < -0.3 is 14.8 Å². The number of benzene rings is 2. The number of nitrogens with one attached hydrogen (secondary N) is 1. The lowest BCUT2D eigenvalue weighted by molar-refractivity contribution is -0.123. The Bertz CT molecular complexity index is 659. The molecule has 122 valence electrons. The van der Waals surface area contributed by atoms with Crippen molar-refractivity contribution in [2.24, 2.45) is 0 Å². The van der Waals surface area contributed by atoms with Crippen LogP contribution in [0.4, 0.5) is 0 Å². The normalized spacial score (nSPS) is 10.2. The molecule has 1 N–H and O–H groups in total. The smallest absolute Gasteiger partial charge is 0.257 e. The van der Waals surface area contributed by atoms with Crippen LogP contribution in [0.2, 0.25) is 10.0 Å². The standard InChI is InChI=1S/C17H17Cl2NO3/c1-22-13-7-5-12(6-8-13)9-10-20-16(21)11-23-15-4-2-3-14(18)17(15)19/h2-8H,9-11H2,1H3,(H,20,21). The zero-order chi connectivity index (χ0) is 16.7. The first-order valence-corrected chi connectivity index (χ1v) is 7.82. The number of hydrogen-bond acceptors (Lipinski definition) is 3. The summed E-state index contributed by atoms with van der Waals surface area (Å²) < 4.78 is 10.5. The van der Waals surface area contributed by atoms with E-state index in [1.54, 1.807) is 25.3 Å². The second kappa shape index (κ2) is 8.65. The Morgan fingerprint density at radius 1 is 1.13 bits per heavy atom. The van der Waals surface area contributed by atoms with Crippen molar-refractivity contribution in [3.05, 3.63) is 58.1 Å². The number of carbonyl (C=O) groups excluding carboxylic acids is 1. The number of halogens is 2. The van der Waals surface area contributed by atoms with Crippen LogP contribution in [-0.4, -0.2) is 26.2 Å². The highest BCUT2D eigenvalue weighted by Crippen LogP contribution is 2.31. The van der Waals surface area contributed by atoms with Gasteiger partial charge in [-0.2, -0.15) is 0 Å². The van der Waals surface area contributed by atoms with Gasteiger partial charge in [-0.05, 0) is 36.2 Å². The minimum absolute atomic E-state index is 0.108. The molecule has 0 aromatic heterocycles. The van der Waals surface area contributed by atoms with E-state index < -0.39 is 0 Å². The van der Waals surface area contributed by atoms with Crippen LogP contribution in [-0.2, 0) is 11.2 Å². The van der Waals surface area contributed by atoms with Crippen LogP contribution in [0, 0.1) is 0 Å². The zero-order valence-electron chi connectivity index (χ0n) is 12.6. The van der Waals surface area contributed by atoms with E-state index in [0.717, 1.165) is 17.7 Å². The second-order valence-corrected chi connectivity index (χ2v) is 5.57. The topological polar surface area (TPSA) is 47.6 Å². The van der Waals surface area contributed by atoms with Crippen LogP contribution in [0.5, 0.6) is 11.5 Å². The molecule has 2 rings (SSSR count). The van der Waals surface area contributed by atoms with Gasteiger partial charge in [-0.3, -0.25) is 4.79 Å². The van der Waals surface area contributed by atoms with Crippen molar-refractivity contribution in [1.29, 1.82) is 0 Å². The predicted octanol–water partition coefficient (Wildman–Crippen LogP) is 3.74. The van der Waals surface area contributed by atoms with Gasteiger partial charge >= 0.3 is 0 Å². The number of rotatable bonds is 7. The molecule has 0 aliphatic heterocycles. The number of methoxy groups -OCH3 is 1. The summed E-state index contributed by atoms with van der Waals surface area (Å²) >= 11 is 11.9. The molecule has 2 aromatic carbocycles. The molecule has 4 nitrogen and oxygen atoms in total. The van der Waals surface area contributed by atoms with E-state index in [1.165, 1.54) is 0 Å². The molecule has 0 saturated heterocycles. The summed E-state index contributed by atoms with van der Waals surface area (Å²) in [6.07, 6.45) is 0.730. The molecule has 2 aromatic rings. The maximum absolute atomic E-state index is 11.8. The molecule has 6 heteroatoms. The molecule has 23 heavy (non-hydrogen) atoms. The molecular weight excluding hydrogens is 337 g/mol. The van der Waals surface area contributed by atoms with Crippen LogP contribution in [0.15, 0.2) is 42.5 Å². The Morgan fingerprint density at radius 2 is 1.87 bits per heavy atom. The molecule has 0 saturated carbocycles. The van der Waals surface area contributed by atoms with Gasteiger partial charge in [0.25, 0.3) is 5.91 Å². The van der Waals surface area contributed by atoms with E-state index >= 15 is 0 Å². The maximum atomic E-state index is 11.8. The van der Waals surface area contributed by atoms with E-state index in [0.29, 0.717) is 22.3 Å². The van der Waals surface area contributed by atoms with Gasteiger partial charge in [-0.15, -0.1) is 0 Å². The molecule has 0 aliphatic rings. The molecule has 0 unspecified atom stereocenters. The van der Waals surface area contributed by atoms with Crippen molar-refractivity contribution in [3.8, 4) is 11.5 Å². The van der Waals surface area contributed by atoms with Crippen molar-refractivity contribution >= 4 is 29.1 Å². The summed E-state index contributed by atoms with van der Waals surface area (Å²) in [6.45, 7) is 0.417. The number of carbonyl (C=O) groups is 1. The fourth-order valence-electron chi connectivity index (χ4n) is 1.93. The van der Waals surface area contributed by atoms with E-state index in [1.807, 2.05) is 24.3 Å². The molecule has 1 amide bonds. The van der Waals surface area contributed by atoms with Crippen molar-refractivity contribution < 1.29 is 14.3 Å². The van der Waals surface area contributed by atoms with E-state index in [4.69, 9.17) is 32.7 Å². The maximum Gasteiger partial charge on any atom is 0.257 e. The average Bonchev–Trinajstić information content (AvgIpc) is 2.57. The fraction of sp³-hybridized carbons (Fsp3) is 0.235. The third kappa shape index (κ3) is 5.34. The van der Waals surface area contributed by atoms with Crippen LogP contribution >= 0.6 is 23.2 Å². The number of ether oxygens (including phenoxy) is 2. The Labute approximate surface area is 145 Å². The minimum Gasteiger partial charge on any atom is -0.497 e. The summed E-state index contributed by atoms with van der Waals surface area (Å²) in [5.41, 5.74) is 1.12. The number of hydrogen-bond donors (Lipinski definition) is 1. The predicted molar refractivity (Wildman–Crippen MR) is 91.7 cm³/mol. The molecule has 0 bridgehead atoms. The third-order valence-corrected chi connectivity index (χ3v) is 3.97. The Balaban J connectivity index is 1.73. The number of amides is 1. The summed E-state index contributed by atoms with van der Waals surface area (Å²) in [5.74, 6) is 0.989. The Hall–Kier alpha value is -1.91. The summed E-state index contributed by atoms with van der Waals surface area (Å²) in [5, 5.41) is 3.49. The molecule has 0 fully saturated rings. The summed E-state index contributed by atoms with van der Waals surface area (Å²) in [4.78, 5) is 11.8. The van der Waals surface area contributed by atoms with Crippen molar-refractivity contribution in [3.63, 3.8) is 0 Å². The van der Waals surface area contributed by atoms with Crippen LogP contribution in [0.3, 0.4) is 0 Å². The van der Waals surface area contributed by atoms with Crippen LogP contribution < -0.4 is 14.8 Å². The fourth-order valence-corrected chi connectivity index (χ4v) is 2.27. The lowest BCUT2D eigenvalue weighted by Crippen LogP contribution is -2.30. The minimum atomic E-state index is -0.213. The van der Waals surface area contributed by atoms with E-state index in [9.17, 15) is 4.79 Å². The Morgan fingerprint density at radius 3 is 2.57 bits per heavy atom. The lowest BCUT2D eigenvalue weighted by atomic mass is 10.1. The molecule has 0 radical (unpaired) electrons. The zero-order valence-corrected chi connectivity index (χ0v) is 14.2. The quantitative estimate of drug-likeness (QED) is 0.824.